The maximum Gasteiger partial charge on any atom is 0.243 e. The van der Waals surface area contributed by atoms with Gasteiger partial charge in [-0.3, -0.25) is 4.79 Å². The molecule has 2 aliphatic rings. The van der Waals surface area contributed by atoms with E-state index < -0.39 is 10.0 Å². The molecule has 0 aromatic heterocycles. The number of ether oxygens (including phenoxy) is 2. The van der Waals surface area contributed by atoms with Crippen LogP contribution in [0.5, 0.6) is 11.5 Å². The molecule has 0 bridgehead atoms. The molecule has 2 heterocycles. The fraction of sp³-hybridized carbons (Fsp3) is 0.409. The van der Waals surface area contributed by atoms with Crippen LogP contribution in [0.4, 0.5) is 5.69 Å². The third-order valence-electron chi connectivity index (χ3n) is 5.44. The van der Waals surface area contributed by atoms with Crippen molar-refractivity contribution < 1.29 is 22.7 Å². The first-order chi connectivity index (χ1) is 15.0. The van der Waals surface area contributed by atoms with Gasteiger partial charge in [-0.15, -0.1) is 0 Å². The molecular formula is C22H27N3O5S. The molecule has 0 aliphatic carbocycles. The number of carbonyl (C=O) groups is 1. The quantitative estimate of drug-likeness (QED) is 0.680. The Morgan fingerprint density at radius 2 is 1.65 bits per heavy atom. The summed E-state index contributed by atoms with van der Waals surface area (Å²) in [6.45, 7) is 1.83. The first-order valence-electron chi connectivity index (χ1n) is 10.5. The van der Waals surface area contributed by atoms with Crippen molar-refractivity contribution in [3.8, 4) is 11.5 Å². The molecule has 4 rings (SSSR count). The summed E-state index contributed by atoms with van der Waals surface area (Å²) in [5.74, 6) is 1.22. The summed E-state index contributed by atoms with van der Waals surface area (Å²) in [5.41, 5.74) is 1.61. The highest BCUT2D eigenvalue weighted by Crippen LogP contribution is 2.32. The van der Waals surface area contributed by atoms with E-state index in [4.69, 9.17) is 9.47 Å². The number of nitrogens with one attached hydrogen (secondary N) is 2. The van der Waals surface area contributed by atoms with Crippen molar-refractivity contribution in [3.05, 3.63) is 48.0 Å². The Morgan fingerprint density at radius 1 is 0.935 bits per heavy atom. The Kier molecular flexibility index (Phi) is 6.62. The molecule has 166 valence electrons. The second kappa shape index (κ2) is 9.57. The molecule has 1 fully saturated rings. The zero-order valence-corrected chi connectivity index (χ0v) is 18.1. The summed E-state index contributed by atoms with van der Waals surface area (Å²) in [5, 5.41) is 5.87. The van der Waals surface area contributed by atoms with Crippen LogP contribution >= 0.6 is 0 Å². The molecule has 0 saturated carbocycles. The lowest BCUT2D eigenvalue weighted by Crippen LogP contribution is -2.32. The zero-order chi connectivity index (χ0) is 21.7. The average molecular weight is 446 g/mol. The molecule has 1 amide bonds. The van der Waals surface area contributed by atoms with Gasteiger partial charge in [-0.1, -0.05) is 18.9 Å². The lowest BCUT2D eigenvalue weighted by Gasteiger charge is -2.20. The van der Waals surface area contributed by atoms with E-state index in [9.17, 15) is 13.2 Å². The van der Waals surface area contributed by atoms with Gasteiger partial charge >= 0.3 is 0 Å². The first kappa shape index (κ1) is 21.5. The van der Waals surface area contributed by atoms with Gasteiger partial charge in [-0.25, -0.2) is 8.42 Å². The summed E-state index contributed by atoms with van der Waals surface area (Å²) < 4.78 is 37.9. The molecule has 31 heavy (non-hydrogen) atoms. The van der Waals surface area contributed by atoms with Crippen LogP contribution in [0, 0.1) is 0 Å². The zero-order valence-electron chi connectivity index (χ0n) is 17.3. The van der Waals surface area contributed by atoms with Gasteiger partial charge in [-0.2, -0.15) is 4.31 Å². The molecule has 0 radical (unpaired) electrons. The van der Waals surface area contributed by atoms with Crippen LogP contribution in [0.3, 0.4) is 0 Å². The van der Waals surface area contributed by atoms with Crippen LogP contribution in [0.2, 0.25) is 0 Å². The Labute approximate surface area is 182 Å². The monoisotopic (exact) mass is 445 g/mol. The fourth-order valence-corrected chi connectivity index (χ4v) is 5.19. The second-order valence-corrected chi connectivity index (χ2v) is 9.60. The van der Waals surface area contributed by atoms with Gasteiger partial charge in [0.05, 0.1) is 11.4 Å². The summed E-state index contributed by atoms with van der Waals surface area (Å²) >= 11 is 0. The van der Waals surface area contributed by atoms with Gasteiger partial charge in [0.15, 0.2) is 11.5 Å². The SMILES string of the molecule is O=C(CNc1ccc(S(=O)(=O)N2CCCCCC2)cc1)NCc1ccc2c(c1)OCO2. The van der Waals surface area contributed by atoms with Crippen LogP contribution < -0.4 is 20.1 Å². The lowest BCUT2D eigenvalue weighted by atomic mass is 10.2. The predicted octanol–water partition coefficient (Wildman–Crippen LogP) is 2.71. The molecule has 1 saturated heterocycles. The number of hydrogen-bond donors (Lipinski definition) is 2. The maximum absolute atomic E-state index is 12.8. The average Bonchev–Trinajstić information content (AvgIpc) is 3.07. The number of fused-ring (bicyclic) bond motifs is 1. The summed E-state index contributed by atoms with van der Waals surface area (Å²) in [6.07, 6.45) is 3.96. The number of hydrogen-bond acceptors (Lipinski definition) is 6. The van der Waals surface area contributed by atoms with E-state index in [2.05, 4.69) is 10.6 Å². The predicted molar refractivity (Wildman–Crippen MR) is 117 cm³/mol. The molecule has 2 N–H and O–H groups in total. The number of amides is 1. The fourth-order valence-electron chi connectivity index (χ4n) is 3.67. The second-order valence-electron chi connectivity index (χ2n) is 7.66. The van der Waals surface area contributed by atoms with Gasteiger partial charge in [0, 0.05) is 25.3 Å². The number of carbonyl (C=O) groups excluding carboxylic acids is 1. The van der Waals surface area contributed by atoms with Crippen molar-refractivity contribution in [3.63, 3.8) is 0 Å². The van der Waals surface area contributed by atoms with Crippen molar-refractivity contribution in [1.29, 1.82) is 0 Å². The van der Waals surface area contributed by atoms with Crippen LogP contribution in [-0.4, -0.2) is 45.1 Å². The highest BCUT2D eigenvalue weighted by molar-refractivity contribution is 7.89. The van der Waals surface area contributed by atoms with Gasteiger partial charge < -0.3 is 20.1 Å². The van der Waals surface area contributed by atoms with Crippen molar-refractivity contribution in [2.75, 3.05) is 31.7 Å². The summed E-state index contributed by atoms with van der Waals surface area (Å²) in [7, 11) is -3.47. The van der Waals surface area contributed by atoms with Gasteiger partial charge in [0.1, 0.15) is 0 Å². The van der Waals surface area contributed by atoms with Gasteiger partial charge in [0.2, 0.25) is 22.7 Å². The van der Waals surface area contributed by atoms with Crippen molar-refractivity contribution in [1.82, 2.24) is 9.62 Å². The molecule has 0 unspecified atom stereocenters. The van der Waals surface area contributed by atoms with E-state index in [1.807, 2.05) is 18.2 Å². The number of rotatable bonds is 7. The largest absolute Gasteiger partial charge is 0.454 e. The van der Waals surface area contributed by atoms with Crippen LogP contribution in [0.1, 0.15) is 31.2 Å². The minimum Gasteiger partial charge on any atom is -0.454 e. The van der Waals surface area contributed by atoms with E-state index in [-0.39, 0.29) is 24.1 Å². The van der Waals surface area contributed by atoms with Gasteiger partial charge in [-0.05, 0) is 54.8 Å². The Bertz CT molecular complexity index is 1020. The molecular weight excluding hydrogens is 418 g/mol. The van der Waals surface area contributed by atoms with E-state index in [1.165, 1.54) is 0 Å². The molecule has 2 aliphatic heterocycles. The van der Waals surface area contributed by atoms with Crippen LogP contribution in [0.15, 0.2) is 47.4 Å². The number of sulfonamides is 1. The lowest BCUT2D eigenvalue weighted by molar-refractivity contribution is -0.119. The Morgan fingerprint density at radius 3 is 2.39 bits per heavy atom. The number of nitrogens with zero attached hydrogens (tertiary/aromatic N) is 1. The maximum atomic E-state index is 12.8. The van der Waals surface area contributed by atoms with Crippen LogP contribution in [0.25, 0.3) is 0 Å². The highest BCUT2D eigenvalue weighted by atomic mass is 32.2. The molecule has 0 spiro atoms. The summed E-state index contributed by atoms with van der Waals surface area (Å²) in [4.78, 5) is 12.4. The molecule has 0 atom stereocenters. The van der Waals surface area contributed by atoms with E-state index in [0.29, 0.717) is 36.8 Å². The first-order valence-corrected chi connectivity index (χ1v) is 12.0. The van der Waals surface area contributed by atoms with E-state index in [1.54, 1.807) is 28.6 Å². The smallest absolute Gasteiger partial charge is 0.243 e. The number of benzene rings is 2. The molecule has 2 aromatic carbocycles. The van der Waals surface area contributed by atoms with E-state index in [0.717, 1.165) is 31.2 Å². The van der Waals surface area contributed by atoms with Crippen LogP contribution in [-0.2, 0) is 21.4 Å². The van der Waals surface area contributed by atoms with Gasteiger partial charge in [0.25, 0.3) is 0 Å². The Hall–Kier alpha value is -2.78. The minimum atomic E-state index is -3.47. The highest BCUT2D eigenvalue weighted by Gasteiger charge is 2.24. The molecule has 2 aromatic rings. The number of anilines is 1. The topological polar surface area (TPSA) is 97.0 Å². The third-order valence-corrected chi connectivity index (χ3v) is 7.35. The van der Waals surface area contributed by atoms with Crippen molar-refractivity contribution >= 4 is 21.6 Å². The summed E-state index contributed by atoms with van der Waals surface area (Å²) in [6, 6.07) is 12.1. The van der Waals surface area contributed by atoms with Crippen molar-refractivity contribution in [2.45, 2.75) is 37.1 Å². The third kappa shape index (κ3) is 5.29. The molecule has 8 nitrogen and oxygen atoms in total. The Balaban J connectivity index is 1.27. The molecule has 9 heteroatoms. The van der Waals surface area contributed by atoms with E-state index >= 15 is 0 Å². The van der Waals surface area contributed by atoms with Crippen molar-refractivity contribution in [2.24, 2.45) is 0 Å². The standard InChI is InChI=1S/C22H27N3O5S/c26-22(24-14-17-5-10-20-21(13-17)30-16-29-20)15-23-18-6-8-19(9-7-18)31(27,28)25-11-3-1-2-4-12-25/h5-10,13,23H,1-4,11-12,14-16H2,(H,24,26). The minimum absolute atomic E-state index is 0.0861. The normalized spacial score (nSPS) is 16.5.